The van der Waals surface area contributed by atoms with Gasteiger partial charge in [-0.1, -0.05) is 30.0 Å². The largest absolute Gasteiger partial charge is 0.483 e. The third kappa shape index (κ3) is 3.95. The van der Waals surface area contributed by atoms with Gasteiger partial charge in [0.1, 0.15) is 11.7 Å². The van der Waals surface area contributed by atoms with Crippen LogP contribution in [0, 0.1) is 0 Å². The summed E-state index contributed by atoms with van der Waals surface area (Å²) in [7, 11) is 1.30. The second-order valence-electron chi connectivity index (χ2n) is 4.60. The Kier molecular flexibility index (Phi) is 4.68. The Balaban J connectivity index is 1.64. The molecule has 0 fully saturated rings. The van der Waals surface area contributed by atoms with E-state index in [1.54, 1.807) is 11.8 Å². The van der Waals surface area contributed by atoms with Gasteiger partial charge in [-0.25, -0.2) is 9.78 Å². The van der Waals surface area contributed by atoms with Gasteiger partial charge < -0.3 is 14.5 Å². The molecule has 2 N–H and O–H groups in total. The zero-order valence-corrected chi connectivity index (χ0v) is 13.2. The number of fused-ring (bicyclic) bond motifs is 1. The fourth-order valence-corrected chi connectivity index (χ4v) is 2.65. The van der Waals surface area contributed by atoms with Gasteiger partial charge in [0, 0.05) is 11.0 Å². The molecule has 0 spiro atoms. The number of nitrogens with one attached hydrogen (secondary N) is 2. The smallest absolute Gasteiger partial charge is 0.413 e. The second-order valence-corrected chi connectivity index (χ2v) is 5.60. The number of nitrogens with zero attached hydrogens (tertiary/aromatic N) is 1. The standard InChI is InChI=1S/C16H15N3O3S/c1-21-16(20)19-15-17-13-8-7-11(9-14(13)18-15)22-10-23-12-5-3-2-4-6-12/h2-9H,10H2,1H3,(H2,17,18,19,20). The quantitative estimate of drug-likeness (QED) is 0.549. The SMILES string of the molecule is COC(=O)Nc1nc2ccc(OCSc3ccccc3)cc2[nH]1. The molecule has 0 aliphatic heterocycles. The van der Waals surface area contributed by atoms with Gasteiger partial charge in [-0.05, 0) is 24.3 Å². The third-order valence-electron chi connectivity index (χ3n) is 3.05. The minimum Gasteiger partial charge on any atom is -0.483 e. The van der Waals surface area contributed by atoms with Crippen LogP contribution in [0.25, 0.3) is 11.0 Å². The molecule has 118 valence electrons. The number of hydrogen-bond donors (Lipinski definition) is 2. The number of H-pyrrole nitrogens is 1. The molecule has 6 nitrogen and oxygen atoms in total. The van der Waals surface area contributed by atoms with Crippen molar-refractivity contribution in [3.63, 3.8) is 0 Å². The molecular weight excluding hydrogens is 314 g/mol. The zero-order valence-electron chi connectivity index (χ0n) is 12.4. The zero-order chi connectivity index (χ0) is 16.1. The fourth-order valence-electron chi connectivity index (χ4n) is 1.97. The number of thioether (sulfide) groups is 1. The number of benzene rings is 2. The lowest BCUT2D eigenvalue weighted by Crippen LogP contribution is -2.11. The van der Waals surface area contributed by atoms with Crippen LogP contribution < -0.4 is 10.1 Å². The molecule has 1 heterocycles. The minimum atomic E-state index is -0.570. The first-order chi connectivity index (χ1) is 11.2. The molecule has 0 aliphatic rings. The molecule has 0 unspecified atom stereocenters. The van der Waals surface area contributed by atoms with Gasteiger partial charge in [-0.15, -0.1) is 0 Å². The summed E-state index contributed by atoms with van der Waals surface area (Å²) in [6.07, 6.45) is -0.570. The maximum absolute atomic E-state index is 11.2. The fraction of sp³-hybridized carbons (Fsp3) is 0.125. The Hall–Kier alpha value is -2.67. The average molecular weight is 329 g/mol. The summed E-state index contributed by atoms with van der Waals surface area (Å²) in [4.78, 5) is 19.6. The molecule has 0 aliphatic carbocycles. The molecule has 0 radical (unpaired) electrons. The molecule has 2 aromatic carbocycles. The van der Waals surface area contributed by atoms with Crippen molar-refractivity contribution in [3.8, 4) is 5.75 Å². The molecule has 7 heteroatoms. The van der Waals surface area contributed by atoms with E-state index in [0.29, 0.717) is 11.9 Å². The summed E-state index contributed by atoms with van der Waals surface area (Å²) in [6.45, 7) is 0. The highest BCUT2D eigenvalue weighted by atomic mass is 32.2. The van der Waals surface area contributed by atoms with Gasteiger partial charge in [0.25, 0.3) is 0 Å². The Morgan fingerprint density at radius 3 is 2.87 bits per heavy atom. The number of amides is 1. The van der Waals surface area contributed by atoms with Crippen LogP contribution in [0.4, 0.5) is 10.7 Å². The topological polar surface area (TPSA) is 76.2 Å². The molecule has 3 aromatic rings. The lowest BCUT2D eigenvalue weighted by atomic mass is 10.3. The molecule has 1 aromatic heterocycles. The van der Waals surface area contributed by atoms with Gasteiger partial charge in [-0.3, -0.25) is 5.32 Å². The van der Waals surface area contributed by atoms with Crippen molar-refractivity contribution in [1.29, 1.82) is 0 Å². The number of aromatic nitrogens is 2. The molecule has 23 heavy (non-hydrogen) atoms. The van der Waals surface area contributed by atoms with E-state index in [0.717, 1.165) is 21.7 Å². The van der Waals surface area contributed by atoms with Gasteiger partial charge in [0.05, 0.1) is 18.1 Å². The van der Waals surface area contributed by atoms with Crippen molar-refractivity contribution in [1.82, 2.24) is 9.97 Å². The van der Waals surface area contributed by atoms with Crippen molar-refractivity contribution >= 4 is 34.8 Å². The number of carbonyl (C=O) groups excluding carboxylic acids is 1. The van der Waals surface area contributed by atoms with E-state index in [4.69, 9.17) is 4.74 Å². The monoisotopic (exact) mass is 329 g/mol. The lowest BCUT2D eigenvalue weighted by Gasteiger charge is -2.05. The first kappa shape index (κ1) is 15.2. The third-order valence-corrected chi connectivity index (χ3v) is 3.89. The molecule has 3 rings (SSSR count). The van der Waals surface area contributed by atoms with E-state index in [1.807, 2.05) is 48.5 Å². The van der Waals surface area contributed by atoms with Crippen molar-refractivity contribution < 1.29 is 14.3 Å². The van der Waals surface area contributed by atoms with E-state index >= 15 is 0 Å². The highest BCUT2D eigenvalue weighted by molar-refractivity contribution is 7.99. The Labute approximate surface area is 137 Å². The second kappa shape index (κ2) is 7.06. The predicted molar refractivity (Wildman–Crippen MR) is 89.9 cm³/mol. The normalized spacial score (nSPS) is 10.5. The minimum absolute atomic E-state index is 0.336. The number of anilines is 1. The first-order valence-electron chi connectivity index (χ1n) is 6.90. The van der Waals surface area contributed by atoms with Gasteiger partial charge in [0.15, 0.2) is 0 Å². The maximum atomic E-state index is 11.2. The van der Waals surface area contributed by atoms with E-state index in [1.165, 1.54) is 7.11 Å². The van der Waals surface area contributed by atoms with Crippen LogP contribution in [-0.2, 0) is 4.74 Å². The molecule has 1 amide bonds. The van der Waals surface area contributed by atoms with Gasteiger partial charge in [-0.2, -0.15) is 0 Å². The van der Waals surface area contributed by atoms with Crippen LogP contribution in [0.5, 0.6) is 5.75 Å². The number of aromatic amines is 1. The Morgan fingerprint density at radius 2 is 2.09 bits per heavy atom. The summed E-state index contributed by atoms with van der Waals surface area (Å²) in [5.74, 6) is 1.58. The van der Waals surface area contributed by atoms with Crippen LogP contribution in [-0.4, -0.2) is 29.1 Å². The molecule has 0 saturated carbocycles. The van der Waals surface area contributed by atoms with Crippen molar-refractivity contribution in [2.24, 2.45) is 0 Å². The van der Waals surface area contributed by atoms with Crippen molar-refractivity contribution in [2.45, 2.75) is 4.90 Å². The van der Waals surface area contributed by atoms with Crippen molar-refractivity contribution in [2.75, 3.05) is 18.4 Å². The number of hydrogen-bond acceptors (Lipinski definition) is 5. The van der Waals surface area contributed by atoms with Crippen LogP contribution in [0.3, 0.4) is 0 Å². The van der Waals surface area contributed by atoms with E-state index in [9.17, 15) is 4.79 Å². The maximum Gasteiger partial charge on any atom is 0.413 e. The van der Waals surface area contributed by atoms with E-state index < -0.39 is 6.09 Å². The number of rotatable bonds is 5. The van der Waals surface area contributed by atoms with Crippen LogP contribution in [0.1, 0.15) is 0 Å². The van der Waals surface area contributed by atoms with E-state index in [-0.39, 0.29) is 0 Å². The van der Waals surface area contributed by atoms with Crippen molar-refractivity contribution in [3.05, 3.63) is 48.5 Å². The summed E-state index contributed by atoms with van der Waals surface area (Å²) in [6, 6.07) is 15.6. The highest BCUT2D eigenvalue weighted by Gasteiger charge is 2.07. The van der Waals surface area contributed by atoms with E-state index in [2.05, 4.69) is 20.0 Å². The number of carbonyl (C=O) groups is 1. The average Bonchev–Trinajstić information content (AvgIpc) is 2.97. The van der Waals surface area contributed by atoms with Crippen LogP contribution in [0.15, 0.2) is 53.4 Å². The summed E-state index contributed by atoms with van der Waals surface area (Å²) >= 11 is 1.62. The molecule has 0 atom stereocenters. The predicted octanol–water partition coefficient (Wildman–Crippen LogP) is 3.87. The number of imidazole rings is 1. The number of methoxy groups -OCH3 is 1. The summed E-state index contributed by atoms with van der Waals surface area (Å²) in [5, 5.41) is 2.49. The highest BCUT2D eigenvalue weighted by Crippen LogP contribution is 2.23. The van der Waals surface area contributed by atoms with Crippen LogP contribution >= 0.6 is 11.8 Å². The Bertz CT molecular complexity index is 805. The van der Waals surface area contributed by atoms with Gasteiger partial charge >= 0.3 is 6.09 Å². The molecule has 0 bridgehead atoms. The molecule has 0 saturated heterocycles. The summed E-state index contributed by atoms with van der Waals surface area (Å²) in [5.41, 5.74) is 1.51. The summed E-state index contributed by atoms with van der Waals surface area (Å²) < 4.78 is 10.3. The van der Waals surface area contributed by atoms with Crippen LogP contribution in [0.2, 0.25) is 0 Å². The van der Waals surface area contributed by atoms with Gasteiger partial charge in [0.2, 0.25) is 5.95 Å². The first-order valence-corrected chi connectivity index (χ1v) is 7.88. The lowest BCUT2D eigenvalue weighted by molar-refractivity contribution is 0.186. The molecular formula is C16H15N3O3S. The number of ether oxygens (including phenoxy) is 2. The Morgan fingerprint density at radius 1 is 1.26 bits per heavy atom.